The number of rotatable bonds is 2. The lowest BCUT2D eigenvalue weighted by Crippen LogP contribution is -2.31. The fraction of sp³-hybridized carbons (Fsp3) is 0.500. The van der Waals surface area contributed by atoms with Crippen molar-refractivity contribution in [3.8, 4) is 0 Å². The molecule has 0 radical (unpaired) electrons. The maximum atomic E-state index is 5.68. The summed E-state index contributed by atoms with van der Waals surface area (Å²) in [5.41, 5.74) is 2.80. The third-order valence-electron chi connectivity index (χ3n) is 3.65. The highest BCUT2D eigenvalue weighted by molar-refractivity contribution is 7.27. The van der Waals surface area contributed by atoms with Crippen LogP contribution in [0.15, 0.2) is 22.5 Å². The Bertz CT molecular complexity index is 534. The lowest BCUT2D eigenvalue weighted by Gasteiger charge is -2.11. The Balaban J connectivity index is 1.84. The van der Waals surface area contributed by atoms with Gasteiger partial charge in [-0.05, 0) is 30.4 Å². The Morgan fingerprint density at radius 3 is 2.68 bits per heavy atom. The molecule has 0 amide bonds. The van der Waals surface area contributed by atoms with Gasteiger partial charge in [-0.15, -0.1) is 22.7 Å². The number of amidine groups is 1. The number of nitrogens with one attached hydrogen (secondary N) is 1. The summed E-state index contributed by atoms with van der Waals surface area (Å²) in [4.78, 5) is 6.02. The summed E-state index contributed by atoms with van der Waals surface area (Å²) in [7, 11) is 0. The maximum absolute atomic E-state index is 5.68. The molecule has 0 bridgehead atoms. The number of fused-ring (bicyclic) bond motifs is 1. The van der Waals surface area contributed by atoms with E-state index in [-0.39, 0.29) is 0 Å². The van der Waals surface area contributed by atoms with Gasteiger partial charge in [0.05, 0.1) is 10.9 Å². The first-order chi connectivity index (χ1) is 9.36. The summed E-state index contributed by atoms with van der Waals surface area (Å²) in [5.74, 6) is 6.54. The standard InChI is InChI=1S/C14H19N3S2/c15-17-14(16-10-5-3-1-2-4-6-10)13-9-12-11(19-13)7-8-18-12/h7-10H,1-6,15H2,(H,16,17). The van der Waals surface area contributed by atoms with E-state index in [2.05, 4.69) is 22.9 Å². The predicted molar refractivity (Wildman–Crippen MR) is 85.1 cm³/mol. The largest absolute Gasteiger partial charge is 0.308 e. The summed E-state index contributed by atoms with van der Waals surface area (Å²) < 4.78 is 2.65. The molecule has 2 aromatic heterocycles. The molecule has 19 heavy (non-hydrogen) atoms. The Hall–Kier alpha value is -0.910. The molecule has 0 saturated heterocycles. The van der Waals surface area contributed by atoms with E-state index in [4.69, 9.17) is 10.8 Å². The van der Waals surface area contributed by atoms with Crippen molar-refractivity contribution in [1.29, 1.82) is 0 Å². The van der Waals surface area contributed by atoms with Crippen LogP contribution >= 0.6 is 22.7 Å². The quantitative estimate of drug-likeness (QED) is 0.290. The van der Waals surface area contributed by atoms with E-state index in [1.54, 1.807) is 22.7 Å². The van der Waals surface area contributed by atoms with Crippen LogP contribution in [0.2, 0.25) is 0 Å². The minimum Gasteiger partial charge on any atom is -0.308 e. The van der Waals surface area contributed by atoms with Gasteiger partial charge in [0.15, 0.2) is 5.84 Å². The number of hydrogen-bond donors (Lipinski definition) is 2. The number of hydrogen-bond acceptors (Lipinski definition) is 4. The number of nitrogens with zero attached hydrogens (tertiary/aromatic N) is 1. The van der Waals surface area contributed by atoms with E-state index < -0.39 is 0 Å². The molecule has 5 heteroatoms. The number of hydrazine groups is 1. The molecule has 102 valence electrons. The first-order valence-corrected chi connectivity index (χ1v) is 8.58. The Morgan fingerprint density at radius 2 is 2.00 bits per heavy atom. The molecular formula is C14H19N3S2. The topological polar surface area (TPSA) is 50.4 Å². The van der Waals surface area contributed by atoms with E-state index in [0.717, 1.165) is 10.7 Å². The summed E-state index contributed by atoms with van der Waals surface area (Å²) in [5, 5.41) is 2.13. The molecule has 0 atom stereocenters. The zero-order valence-electron chi connectivity index (χ0n) is 10.9. The third kappa shape index (κ3) is 2.99. The molecule has 0 aliphatic heterocycles. The zero-order chi connectivity index (χ0) is 13.1. The van der Waals surface area contributed by atoms with Gasteiger partial charge < -0.3 is 5.43 Å². The smallest absolute Gasteiger partial charge is 0.153 e. The van der Waals surface area contributed by atoms with Crippen LogP contribution in [0.5, 0.6) is 0 Å². The second-order valence-electron chi connectivity index (χ2n) is 5.03. The van der Waals surface area contributed by atoms with Gasteiger partial charge in [0.1, 0.15) is 0 Å². The van der Waals surface area contributed by atoms with Crippen molar-refractivity contribution in [2.75, 3.05) is 0 Å². The molecule has 2 heterocycles. The van der Waals surface area contributed by atoms with E-state index in [9.17, 15) is 0 Å². The highest BCUT2D eigenvalue weighted by Gasteiger charge is 2.14. The molecule has 0 unspecified atom stereocenters. The number of aliphatic imine (C=N–C) groups is 1. The predicted octanol–water partition coefficient (Wildman–Crippen LogP) is 3.90. The highest BCUT2D eigenvalue weighted by Crippen LogP contribution is 2.30. The van der Waals surface area contributed by atoms with E-state index in [1.165, 1.54) is 47.9 Å². The second kappa shape index (κ2) is 6.03. The van der Waals surface area contributed by atoms with Crippen LogP contribution < -0.4 is 11.3 Å². The highest BCUT2D eigenvalue weighted by atomic mass is 32.1. The fourth-order valence-electron chi connectivity index (χ4n) is 2.62. The van der Waals surface area contributed by atoms with Crippen LogP contribution in [-0.2, 0) is 0 Å². The van der Waals surface area contributed by atoms with E-state index in [1.807, 2.05) is 0 Å². The SMILES string of the molecule is NNC(=NC1CCCCCC1)c1cc2sccc2s1. The van der Waals surface area contributed by atoms with Gasteiger partial charge in [0.25, 0.3) is 0 Å². The molecule has 3 N–H and O–H groups in total. The van der Waals surface area contributed by atoms with Crippen LogP contribution in [0.4, 0.5) is 0 Å². The summed E-state index contributed by atoms with van der Waals surface area (Å²) in [6.07, 6.45) is 7.70. The minimum atomic E-state index is 0.439. The van der Waals surface area contributed by atoms with Gasteiger partial charge in [-0.2, -0.15) is 0 Å². The Morgan fingerprint density at radius 1 is 1.21 bits per heavy atom. The molecule has 1 aliphatic carbocycles. The molecule has 1 saturated carbocycles. The Kier molecular flexibility index (Phi) is 4.15. The van der Waals surface area contributed by atoms with Crippen molar-refractivity contribution < 1.29 is 0 Å². The molecule has 1 aliphatic rings. The molecule has 3 rings (SSSR count). The monoisotopic (exact) mass is 293 g/mol. The summed E-state index contributed by atoms with van der Waals surface area (Å²) in [6, 6.07) is 4.79. The lowest BCUT2D eigenvalue weighted by molar-refractivity contribution is 0.583. The van der Waals surface area contributed by atoms with Gasteiger partial charge in [-0.25, -0.2) is 5.84 Å². The Labute approximate surface area is 121 Å². The van der Waals surface area contributed by atoms with Gasteiger partial charge in [0.2, 0.25) is 0 Å². The fourth-order valence-corrected chi connectivity index (χ4v) is 4.69. The average Bonchev–Trinajstić information content (AvgIpc) is 2.90. The molecule has 2 aromatic rings. The molecule has 0 aromatic carbocycles. The van der Waals surface area contributed by atoms with Gasteiger partial charge >= 0.3 is 0 Å². The zero-order valence-corrected chi connectivity index (χ0v) is 12.5. The number of thiophene rings is 2. The van der Waals surface area contributed by atoms with Crippen LogP contribution in [-0.4, -0.2) is 11.9 Å². The first kappa shape index (κ1) is 13.1. The molecule has 0 spiro atoms. The van der Waals surface area contributed by atoms with Crippen LogP contribution in [0.1, 0.15) is 43.4 Å². The third-order valence-corrected chi connectivity index (χ3v) is 5.75. The minimum absolute atomic E-state index is 0.439. The van der Waals surface area contributed by atoms with Gasteiger partial charge in [-0.1, -0.05) is 25.7 Å². The van der Waals surface area contributed by atoms with Gasteiger partial charge in [-0.3, -0.25) is 4.99 Å². The van der Waals surface area contributed by atoms with Crippen LogP contribution in [0.25, 0.3) is 9.40 Å². The van der Waals surface area contributed by atoms with Crippen molar-refractivity contribution >= 4 is 37.9 Å². The molecule has 1 fully saturated rings. The summed E-state index contributed by atoms with van der Waals surface area (Å²) in [6.45, 7) is 0. The van der Waals surface area contributed by atoms with Crippen molar-refractivity contribution in [2.24, 2.45) is 10.8 Å². The van der Waals surface area contributed by atoms with E-state index >= 15 is 0 Å². The van der Waals surface area contributed by atoms with E-state index in [0.29, 0.717) is 6.04 Å². The molecular weight excluding hydrogens is 274 g/mol. The lowest BCUT2D eigenvalue weighted by atomic mass is 10.1. The van der Waals surface area contributed by atoms with Crippen molar-refractivity contribution in [3.63, 3.8) is 0 Å². The van der Waals surface area contributed by atoms with Gasteiger partial charge in [0, 0.05) is 9.40 Å². The first-order valence-electron chi connectivity index (χ1n) is 6.88. The maximum Gasteiger partial charge on any atom is 0.153 e. The van der Waals surface area contributed by atoms with Crippen molar-refractivity contribution in [3.05, 3.63) is 22.4 Å². The van der Waals surface area contributed by atoms with Crippen molar-refractivity contribution in [2.45, 2.75) is 44.6 Å². The average molecular weight is 293 g/mol. The van der Waals surface area contributed by atoms with Crippen LogP contribution in [0.3, 0.4) is 0 Å². The molecule has 3 nitrogen and oxygen atoms in total. The van der Waals surface area contributed by atoms with Crippen molar-refractivity contribution in [1.82, 2.24) is 5.43 Å². The summed E-state index contributed by atoms with van der Waals surface area (Å²) >= 11 is 3.54. The normalized spacial score (nSPS) is 18.7. The second-order valence-corrected chi connectivity index (χ2v) is 7.06. The number of nitrogens with two attached hydrogens (primary N) is 1. The van der Waals surface area contributed by atoms with Crippen LogP contribution in [0, 0.1) is 0 Å².